The summed E-state index contributed by atoms with van der Waals surface area (Å²) < 4.78 is 8.93. The lowest BCUT2D eigenvalue weighted by Gasteiger charge is -2.12. The summed E-state index contributed by atoms with van der Waals surface area (Å²) in [7, 11) is 3.62. The van der Waals surface area contributed by atoms with Gasteiger partial charge in [0, 0.05) is 36.4 Å². The van der Waals surface area contributed by atoms with Gasteiger partial charge in [-0.2, -0.15) is 0 Å². The fourth-order valence-corrected chi connectivity index (χ4v) is 3.13. The van der Waals surface area contributed by atoms with Crippen LogP contribution in [-0.2, 0) is 11.8 Å². The summed E-state index contributed by atoms with van der Waals surface area (Å²) in [6.45, 7) is 0. The Labute approximate surface area is 176 Å². The topological polar surface area (TPSA) is 72.3 Å². The number of carbonyl (C=O) groups excluding carboxylic acids is 1. The molecule has 4 rings (SSSR count). The second-order valence-electron chi connectivity index (χ2n) is 6.47. The Bertz CT molecular complexity index is 1170. The predicted molar refractivity (Wildman–Crippen MR) is 117 cm³/mol. The number of benzene rings is 2. The summed E-state index contributed by atoms with van der Waals surface area (Å²) in [5, 5.41) is 3.33. The van der Waals surface area contributed by atoms with Gasteiger partial charge in [0.15, 0.2) is 0 Å². The molecular formula is C21H18BrN5O2. The largest absolute Gasteiger partial charge is 0.456 e. The maximum absolute atomic E-state index is 10.9. The number of nitrogens with zero attached hydrogens (tertiary/aromatic N) is 4. The van der Waals surface area contributed by atoms with Gasteiger partial charge in [-0.1, -0.05) is 15.9 Å². The van der Waals surface area contributed by atoms with Gasteiger partial charge in [0.25, 0.3) is 0 Å². The molecule has 0 aliphatic heterocycles. The number of hydrogen-bond donors (Lipinski definition) is 1. The first-order chi connectivity index (χ1) is 14.0. The molecule has 1 amide bonds. The number of pyridine rings is 1. The van der Waals surface area contributed by atoms with E-state index in [2.05, 4.69) is 31.2 Å². The van der Waals surface area contributed by atoms with Crippen molar-refractivity contribution >= 4 is 50.7 Å². The van der Waals surface area contributed by atoms with E-state index < -0.39 is 0 Å². The van der Waals surface area contributed by atoms with Crippen molar-refractivity contribution in [3.8, 4) is 11.5 Å². The molecule has 146 valence electrons. The number of fused-ring (bicyclic) bond motifs is 1. The number of hydrogen-bond acceptors (Lipinski definition) is 5. The zero-order valence-corrected chi connectivity index (χ0v) is 17.4. The van der Waals surface area contributed by atoms with Crippen LogP contribution in [0.15, 0.2) is 65.4 Å². The molecule has 0 aliphatic rings. The minimum absolute atomic E-state index is 0.541. The van der Waals surface area contributed by atoms with E-state index in [1.54, 1.807) is 25.5 Å². The zero-order valence-electron chi connectivity index (χ0n) is 15.8. The lowest BCUT2D eigenvalue weighted by Crippen LogP contribution is -2.13. The molecule has 8 heteroatoms. The quantitative estimate of drug-likeness (QED) is 0.423. The highest BCUT2D eigenvalue weighted by Gasteiger charge is 2.10. The number of halogens is 1. The Morgan fingerprint density at radius 2 is 1.90 bits per heavy atom. The van der Waals surface area contributed by atoms with Gasteiger partial charge in [-0.15, -0.1) is 0 Å². The lowest BCUT2D eigenvalue weighted by atomic mass is 10.3. The summed E-state index contributed by atoms with van der Waals surface area (Å²) in [5.74, 6) is 1.91. The number of carbonyl (C=O) groups is 1. The zero-order chi connectivity index (χ0) is 20.4. The fraction of sp³-hybridized carbons (Fsp3) is 0.0952. The molecule has 0 radical (unpaired) electrons. The Morgan fingerprint density at radius 1 is 1.10 bits per heavy atom. The molecule has 0 unspecified atom stereocenters. The lowest BCUT2D eigenvalue weighted by molar-refractivity contribution is -0.107. The molecule has 2 heterocycles. The molecule has 2 aromatic heterocycles. The van der Waals surface area contributed by atoms with Gasteiger partial charge in [0.1, 0.15) is 11.5 Å². The van der Waals surface area contributed by atoms with E-state index in [0.29, 0.717) is 17.2 Å². The van der Waals surface area contributed by atoms with Gasteiger partial charge in [-0.3, -0.25) is 9.78 Å². The van der Waals surface area contributed by atoms with Gasteiger partial charge in [-0.25, -0.2) is 4.98 Å². The van der Waals surface area contributed by atoms with Crippen molar-refractivity contribution in [2.24, 2.45) is 7.05 Å². The number of nitrogens with one attached hydrogen (secondary N) is 1. The maximum atomic E-state index is 10.9. The first kappa shape index (κ1) is 18.9. The van der Waals surface area contributed by atoms with Crippen LogP contribution in [0.5, 0.6) is 11.5 Å². The monoisotopic (exact) mass is 451 g/mol. The molecule has 0 spiro atoms. The number of imidazole rings is 1. The van der Waals surface area contributed by atoms with E-state index in [9.17, 15) is 4.79 Å². The van der Waals surface area contributed by atoms with Crippen molar-refractivity contribution in [2.45, 2.75) is 0 Å². The number of aromatic nitrogens is 3. The molecule has 0 aliphatic carbocycles. The number of rotatable bonds is 6. The van der Waals surface area contributed by atoms with E-state index >= 15 is 0 Å². The van der Waals surface area contributed by atoms with E-state index in [1.807, 2.05) is 54.1 Å². The predicted octanol–water partition coefficient (Wildman–Crippen LogP) is 4.86. The van der Waals surface area contributed by atoms with E-state index in [0.717, 1.165) is 33.6 Å². The average molecular weight is 452 g/mol. The van der Waals surface area contributed by atoms with Gasteiger partial charge in [0.05, 0.1) is 29.1 Å². The van der Waals surface area contributed by atoms with Gasteiger partial charge in [-0.05, 0) is 36.4 Å². The third-order valence-electron chi connectivity index (χ3n) is 4.45. The van der Waals surface area contributed by atoms with Crippen LogP contribution in [0.3, 0.4) is 0 Å². The molecule has 2 aromatic carbocycles. The molecule has 0 atom stereocenters. The van der Waals surface area contributed by atoms with Crippen molar-refractivity contribution in [2.75, 3.05) is 17.3 Å². The van der Waals surface area contributed by atoms with E-state index in [1.165, 1.54) is 4.90 Å². The Kier molecular flexibility index (Phi) is 5.18. The highest BCUT2D eigenvalue weighted by atomic mass is 79.9. The molecule has 0 saturated carbocycles. The molecule has 29 heavy (non-hydrogen) atoms. The van der Waals surface area contributed by atoms with Crippen molar-refractivity contribution < 1.29 is 9.53 Å². The SMILES string of the molecule is CN(C=O)c1cncc(Oc2ccc3c(c2)nc(Nc2ccc(Br)cc2)n3C)c1. The normalized spacial score (nSPS) is 10.7. The van der Waals surface area contributed by atoms with Crippen LogP contribution in [0.25, 0.3) is 11.0 Å². The minimum atomic E-state index is 0.541. The molecular weight excluding hydrogens is 434 g/mol. The first-order valence-electron chi connectivity index (χ1n) is 8.83. The number of aryl methyl sites for hydroxylation is 1. The average Bonchev–Trinajstić information content (AvgIpc) is 3.04. The Morgan fingerprint density at radius 3 is 2.66 bits per heavy atom. The van der Waals surface area contributed by atoms with Gasteiger partial charge >= 0.3 is 0 Å². The number of amides is 1. The van der Waals surface area contributed by atoms with Crippen molar-refractivity contribution in [3.05, 3.63) is 65.4 Å². The standard InChI is InChI=1S/C21H18BrN5O2/c1-26(13-28)16-9-18(12-23-11-16)29-17-7-8-20-19(10-17)25-21(27(20)2)24-15-5-3-14(22)4-6-15/h3-13H,1-2H3,(H,24,25). The highest BCUT2D eigenvalue weighted by Crippen LogP contribution is 2.29. The molecule has 4 aromatic rings. The van der Waals surface area contributed by atoms with Gasteiger partial charge < -0.3 is 19.5 Å². The van der Waals surface area contributed by atoms with E-state index in [4.69, 9.17) is 4.74 Å². The molecule has 0 fully saturated rings. The third kappa shape index (κ3) is 4.07. The van der Waals surface area contributed by atoms with Crippen LogP contribution in [0.2, 0.25) is 0 Å². The summed E-state index contributed by atoms with van der Waals surface area (Å²) >= 11 is 3.44. The second-order valence-corrected chi connectivity index (χ2v) is 7.39. The smallest absolute Gasteiger partial charge is 0.213 e. The minimum Gasteiger partial charge on any atom is -0.456 e. The Hall–Kier alpha value is -3.39. The van der Waals surface area contributed by atoms with Crippen molar-refractivity contribution in [1.29, 1.82) is 0 Å². The van der Waals surface area contributed by atoms with Crippen LogP contribution < -0.4 is 15.0 Å². The second kappa shape index (κ2) is 7.92. The fourth-order valence-electron chi connectivity index (χ4n) is 2.87. The van der Waals surface area contributed by atoms with Gasteiger partial charge in [0.2, 0.25) is 12.4 Å². The number of ether oxygens (including phenoxy) is 1. The highest BCUT2D eigenvalue weighted by molar-refractivity contribution is 9.10. The van der Waals surface area contributed by atoms with Crippen LogP contribution in [-0.4, -0.2) is 28.0 Å². The number of anilines is 3. The summed E-state index contributed by atoms with van der Waals surface area (Å²) in [4.78, 5) is 21.2. The summed E-state index contributed by atoms with van der Waals surface area (Å²) in [6, 6.07) is 15.4. The molecule has 7 nitrogen and oxygen atoms in total. The van der Waals surface area contributed by atoms with Crippen LogP contribution in [0, 0.1) is 0 Å². The van der Waals surface area contributed by atoms with E-state index in [-0.39, 0.29) is 0 Å². The van der Waals surface area contributed by atoms with Crippen LogP contribution in [0.1, 0.15) is 0 Å². The first-order valence-corrected chi connectivity index (χ1v) is 9.63. The molecule has 0 saturated heterocycles. The summed E-state index contributed by atoms with van der Waals surface area (Å²) in [5.41, 5.74) is 3.38. The van der Waals surface area contributed by atoms with Crippen molar-refractivity contribution in [1.82, 2.24) is 14.5 Å². The maximum Gasteiger partial charge on any atom is 0.213 e. The van der Waals surface area contributed by atoms with Crippen LogP contribution >= 0.6 is 15.9 Å². The van der Waals surface area contributed by atoms with Crippen molar-refractivity contribution in [3.63, 3.8) is 0 Å². The van der Waals surface area contributed by atoms with Crippen LogP contribution in [0.4, 0.5) is 17.3 Å². The molecule has 0 bridgehead atoms. The summed E-state index contributed by atoms with van der Waals surface area (Å²) in [6.07, 6.45) is 3.93. The Balaban J connectivity index is 1.59. The molecule has 1 N–H and O–H groups in total. The third-order valence-corrected chi connectivity index (χ3v) is 4.98.